The highest BCUT2D eigenvalue weighted by Crippen LogP contribution is 2.31. The topological polar surface area (TPSA) is 96.5 Å². The minimum absolute atomic E-state index is 0.103. The average molecular weight is 400 g/mol. The molecule has 1 N–H and O–H groups in total. The minimum atomic E-state index is -1.05. The highest BCUT2D eigenvalue weighted by Gasteiger charge is 2.28. The Balaban J connectivity index is 1.45. The van der Waals surface area contributed by atoms with E-state index in [0.717, 1.165) is 18.4 Å². The van der Waals surface area contributed by atoms with Crippen LogP contribution in [0.3, 0.4) is 0 Å². The normalized spacial score (nSPS) is 15.1. The number of carboxylic acid groups (broad SMARTS) is 1. The molecule has 0 spiro atoms. The maximum Gasteiger partial charge on any atom is 0.337 e. The summed E-state index contributed by atoms with van der Waals surface area (Å²) >= 11 is 6.00. The fourth-order valence-corrected chi connectivity index (χ4v) is 3.66. The van der Waals surface area contributed by atoms with Crippen LogP contribution in [0.4, 0.5) is 0 Å². The van der Waals surface area contributed by atoms with E-state index in [0.29, 0.717) is 35.3 Å². The first kappa shape index (κ1) is 18.4. The number of pyridine rings is 1. The molecule has 4 rings (SSSR count). The Hall–Kier alpha value is -2.93. The molecule has 0 saturated carbocycles. The summed E-state index contributed by atoms with van der Waals surface area (Å²) < 4.78 is 5.85. The fraction of sp³-hybridized carbons (Fsp3) is 0.300. The third-order valence-corrected chi connectivity index (χ3v) is 5.27. The first-order chi connectivity index (χ1) is 13.4. The van der Waals surface area contributed by atoms with Crippen LogP contribution in [0.5, 0.6) is 0 Å². The average Bonchev–Trinajstić information content (AvgIpc) is 3.10. The van der Waals surface area contributed by atoms with E-state index >= 15 is 0 Å². The van der Waals surface area contributed by atoms with Crippen LogP contribution < -0.4 is 0 Å². The summed E-state index contributed by atoms with van der Waals surface area (Å²) in [5.41, 5.74) is 2.14. The molecule has 0 atom stereocenters. The molecule has 3 heterocycles. The predicted molar refractivity (Wildman–Crippen MR) is 103 cm³/mol. The molecule has 1 aliphatic rings. The molecule has 0 unspecified atom stereocenters. The van der Waals surface area contributed by atoms with Gasteiger partial charge in [0.25, 0.3) is 5.91 Å². The summed E-state index contributed by atoms with van der Waals surface area (Å²) in [4.78, 5) is 34.3. The monoisotopic (exact) mass is 399 g/mol. The summed E-state index contributed by atoms with van der Waals surface area (Å²) in [6.45, 7) is 2.71. The van der Waals surface area contributed by atoms with Crippen molar-refractivity contribution in [1.29, 1.82) is 0 Å². The first-order valence-electron chi connectivity index (χ1n) is 8.98. The molecule has 1 aliphatic heterocycles. The molecular weight excluding hydrogens is 382 g/mol. The van der Waals surface area contributed by atoms with Gasteiger partial charge in [-0.25, -0.2) is 14.8 Å². The van der Waals surface area contributed by atoms with Gasteiger partial charge in [-0.3, -0.25) is 4.79 Å². The van der Waals surface area contributed by atoms with E-state index in [2.05, 4.69) is 9.97 Å². The molecule has 8 heteroatoms. The number of rotatable bonds is 3. The predicted octanol–water partition coefficient (Wildman–Crippen LogP) is 3.90. The minimum Gasteiger partial charge on any atom is -0.478 e. The summed E-state index contributed by atoms with van der Waals surface area (Å²) in [6, 6.07) is 8.24. The number of oxazole rings is 1. The first-order valence-corrected chi connectivity index (χ1v) is 9.36. The summed E-state index contributed by atoms with van der Waals surface area (Å²) in [5, 5.41) is 9.71. The number of carbonyl (C=O) groups is 2. The van der Waals surface area contributed by atoms with Crippen molar-refractivity contribution in [3.8, 4) is 0 Å². The van der Waals surface area contributed by atoms with Crippen molar-refractivity contribution < 1.29 is 19.1 Å². The Morgan fingerprint density at radius 3 is 2.61 bits per heavy atom. The number of carboxylic acids is 1. The summed E-state index contributed by atoms with van der Waals surface area (Å²) in [5.74, 6) is -0.435. The number of fused-ring (bicyclic) bond motifs is 1. The van der Waals surface area contributed by atoms with Gasteiger partial charge >= 0.3 is 5.97 Å². The number of carbonyl (C=O) groups excluding carboxylic acids is 1. The molecule has 28 heavy (non-hydrogen) atoms. The lowest BCUT2D eigenvalue weighted by Gasteiger charge is -2.30. The van der Waals surface area contributed by atoms with Crippen molar-refractivity contribution in [3.63, 3.8) is 0 Å². The highest BCUT2D eigenvalue weighted by molar-refractivity contribution is 6.31. The number of amides is 1. The van der Waals surface area contributed by atoms with E-state index in [1.165, 1.54) is 12.1 Å². The van der Waals surface area contributed by atoms with Crippen molar-refractivity contribution in [3.05, 3.63) is 58.2 Å². The summed E-state index contributed by atoms with van der Waals surface area (Å²) in [7, 11) is 0. The lowest BCUT2D eigenvalue weighted by atomic mass is 9.96. The number of aromatic nitrogens is 2. The molecule has 144 valence electrons. The Kier molecular flexibility index (Phi) is 4.77. The van der Waals surface area contributed by atoms with Gasteiger partial charge < -0.3 is 14.4 Å². The van der Waals surface area contributed by atoms with Gasteiger partial charge in [0.15, 0.2) is 11.5 Å². The van der Waals surface area contributed by atoms with Gasteiger partial charge in [0.05, 0.1) is 11.3 Å². The zero-order valence-electron chi connectivity index (χ0n) is 15.2. The van der Waals surface area contributed by atoms with Crippen LogP contribution in [0, 0.1) is 6.92 Å². The van der Waals surface area contributed by atoms with Gasteiger partial charge in [-0.15, -0.1) is 0 Å². The largest absolute Gasteiger partial charge is 0.478 e. The number of likely N-dealkylation sites (tertiary alicyclic amines) is 1. The molecule has 1 fully saturated rings. The number of hydrogen-bond donors (Lipinski definition) is 1. The van der Waals surface area contributed by atoms with Gasteiger partial charge in [-0.1, -0.05) is 11.6 Å². The van der Waals surface area contributed by atoms with E-state index in [9.17, 15) is 9.59 Å². The number of aryl methyl sites for hydroxylation is 1. The number of hydrogen-bond acceptors (Lipinski definition) is 5. The van der Waals surface area contributed by atoms with E-state index < -0.39 is 5.97 Å². The molecule has 1 saturated heterocycles. The molecule has 1 aromatic carbocycles. The molecule has 1 amide bonds. The Bertz CT molecular complexity index is 1070. The quantitative estimate of drug-likeness (QED) is 0.717. The van der Waals surface area contributed by atoms with Crippen molar-refractivity contribution in [2.24, 2.45) is 0 Å². The zero-order valence-corrected chi connectivity index (χ0v) is 15.9. The maximum absolute atomic E-state index is 12.7. The molecule has 7 nitrogen and oxygen atoms in total. The van der Waals surface area contributed by atoms with Gasteiger partial charge in [0, 0.05) is 24.0 Å². The third kappa shape index (κ3) is 3.45. The molecule has 0 bridgehead atoms. The van der Waals surface area contributed by atoms with Crippen LogP contribution in [0.15, 0.2) is 34.7 Å². The van der Waals surface area contributed by atoms with Crippen molar-refractivity contribution in [2.45, 2.75) is 25.7 Å². The van der Waals surface area contributed by atoms with Crippen molar-refractivity contribution in [2.75, 3.05) is 13.1 Å². The molecule has 0 radical (unpaired) electrons. The lowest BCUT2D eigenvalue weighted by Crippen LogP contribution is -2.38. The van der Waals surface area contributed by atoms with Gasteiger partial charge in [-0.2, -0.15) is 0 Å². The van der Waals surface area contributed by atoms with Gasteiger partial charge in [-0.05, 0) is 50.1 Å². The van der Waals surface area contributed by atoms with Crippen LogP contribution >= 0.6 is 11.6 Å². The number of benzene rings is 1. The smallest absolute Gasteiger partial charge is 0.337 e. The molecular formula is C20H18ClN3O4. The second kappa shape index (κ2) is 7.24. The van der Waals surface area contributed by atoms with E-state index in [1.54, 1.807) is 24.0 Å². The Labute approximate surface area is 165 Å². The molecule has 0 aliphatic carbocycles. The standard InChI is InChI=1S/C20H18ClN3O4/c1-11-14(20(26)27)3-4-15(22-11)19(25)24-8-6-12(7-9-24)18-23-16-10-13(21)2-5-17(16)28-18/h2-5,10,12H,6-9H2,1H3,(H,26,27). The fourth-order valence-electron chi connectivity index (χ4n) is 3.49. The van der Waals surface area contributed by atoms with E-state index in [-0.39, 0.29) is 23.1 Å². The Morgan fingerprint density at radius 2 is 1.93 bits per heavy atom. The lowest BCUT2D eigenvalue weighted by molar-refractivity contribution is 0.0682. The van der Waals surface area contributed by atoms with Gasteiger partial charge in [0.1, 0.15) is 11.2 Å². The number of aromatic carboxylic acids is 1. The van der Waals surface area contributed by atoms with Crippen LogP contribution in [0.1, 0.15) is 51.2 Å². The summed E-state index contributed by atoms with van der Waals surface area (Å²) in [6.07, 6.45) is 1.47. The van der Waals surface area contributed by atoms with E-state index in [1.807, 2.05) is 6.07 Å². The van der Waals surface area contributed by atoms with Gasteiger partial charge in [0.2, 0.25) is 0 Å². The van der Waals surface area contributed by atoms with Crippen LogP contribution in [-0.2, 0) is 0 Å². The van der Waals surface area contributed by atoms with Crippen LogP contribution in [0.2, 0.25) is 5.02 Å². The van der Waals surface area contributed by atoms with Crippen LogP contribution in [0.25, 0.3) is 11.1 Å². The SMILES string of the molecule is Cc1nc(C(=O)N2CCC(c3nc4cc(Cl)ccc4o3)CC2)ccc1C(=O)O. The number of halogens is 1. The van der Waals surface area contributed by atoms with Crippen molar-refractivity contribution in [1.82, 2.24) is 14.9 Å². The second-order valence-electron chi connectivity index (χ2n) is 6.87. The Morgan fingerprint density at radius 1 is 1.18 bits per heavy atom. The highest BCUT2D eigenvalue weighted by atomic mass is 35.5. The molecule has 3 aromatic rings. The molecule has 2 aromatic heterocycles. The maximum atomic E-state index is 12.7. The second-order valence-corrected chi connectivity index (χ2v) is 7.30. The van der Waals surface area contributed by atoms with Crippen molar-refractivity contribution >= 4 is 34.6 Å². The van der Waals surface area contributed by atoms with E-state index in [4.69, 9.17) is 21.1 Å². The number of nitrogens with zero attached hydrogens (tertiary/aromatic N) is 3. The van der Waals surface area contributed by atoms with Crippen LogP contribution in [-0.4, -0.2) is 44.9 Å². The zero-order chi connectivity index (χ0) is 19.8. The number of piperidine rings is 1. The third-order valence-electron chi connectivity index (χ3n) is 5.03.